The maximum absolute atomic E-state index is 11.0. The highest BCUT2D eigenvalue weighted by Gasteiger charge is 2.40. The molecule has 3 heteroatoms. The number of ketones is 1. The van der Waals surface area contributed by atoms with Crippen molar-refractivity contribution in [1.82, 2.24) is 0 Å². The number of rotatable bonds is 2. The maximum atomic E-state index is 11.0. The van der Waals surface area contributed by atoms with E-state index in [2.05, 4.69) is 0 Å². The Labute approximate surface area is 71.8 Å². The van der Waals surface area contributed by atoms with Gasteiger partial charge in [-0.05, 0) is 25.7 Å². The van der Waals surface area contributed by atoms with E-state index in [-0.39, 0.29) is 17.6 Å². The minimum absolute atomic E-state index is 0.0201. The van der Waals surface area contributed by atoms with Crippen molar-refractivity contribution in [2.45, 2.75) is 26.7 Å². The van der Waals surface area contributed by atoms with Crippen LogP contribution in [0.4, 0.5) is 0 Å². The van der Waals surface area contributed by atoms with Crippen LogP contribution in [-0.2, 0) is 9.59 Å². The minimum atomic E-state index is -0.819. The van der Waals surface area contributed by atoms with Crippen molar-refractivity contribution in [3.05, 3.63) is 0 Å². The molecule has 1 rings (SSSR count). The first-order valence-corrected chi connectivity index (χ1v) is 4.27. The summed E-state index contributed by atoms with van der Waals surface area (Å²) in [6, 6.07) is 0. The second kappa shape index (κ2) is 3.25. The van der Waals surface area contributed by atoms with E-state index in [0.29, 0.717) is 0 Å². The molecule has 1 aliphatic carbocycles. The Kier molecular flexibility index (Phi) is 2.50. The van der Waals surface area contributed by atoms with Crippen molar-refractivity contribution in [1.29, 1.82) is 0 Å². The highest BCUT2D eigenvalue weighted by Crippen LogP contribution is 2.37. The van der Waals surface area contributed by atoms with Crippen LogP contribution in [-0.4, -0.2) is 16.9 Å². The van der Waals surface area contributed by atoms with Crippen LogP contribution < -0.4 is 0 Å². The van der Waals surface area contributed by atoms with Gasteiger partial charge in [-0.1, -0.05) is 6.92 Å². The van der Waals surface area contributed by atoms with Crippen LogP contribution in [0.3, 0.4) is 0 Å². The van der Waals surface area contributed by atoms with Gasteiger partial charge in [-0.15, -0.1) is 0 Å². The van der Waals surface area contributed by atoms with Crippen LogP contribution in [0.5, 0.6) is 0 Å². The zero-order valence-electron chi connectivity index (χ0n) is 7.41. The molecule has 0 spiro atoms. The number of hydrogen-bond acceptors (Lipinski definition) is 2. The molecule has 1 saturated carbocycles. The Hall–Kier alpha value is -0.860. The summed E-state index contributed by atoms with van der Waals surface area (Å²) in [4.78, 5) is 21.8. The second-order valence-electron chi connectivity index (χ2n) is 3.64. The van der Waals surface area contributed by atoms with Crippen molar-refractivity contribution >= 4 is 11.8 Å². The minimum Gasteiger partial charge on any atom is -0.481 e. The summed E-state index contributed by atoms with van der Waals surface area (Å²) < 4.78 is 0. The normalized spacial score (nSPS) is 35.0. The summed E-state index contributed by atoms with van der Waals surface area (Å²) in [5.74, 6) is -1.33. The van der Waals surface area contributed by atoms with Crippen molar-refractivity contribution < 1.29 is 14.7 Å². The largest absolute Gasteiger partial charge is 0.481 e. The fraction of sp³-hybridized carbons (Fsp3) is 0.778. The maximum Gasteiger partial charge on any atom is 0.307 e. The SMILES string of the molecule is CC(=O)[C@H]1CC[C@@H](C)[C@@H]1C(=O)O. The fourth-order valence-corrected chi connectivity index (χ4v) is 2.07. The molecule has 68 valence electrons. The van der Waals surface area contributed by atoms with Gasteiger partial charge in [-0.25, -0.2) is 0 Å². The van der Waals surface area contributed by atoms with Crippen LogP contribution in [0, 0.1) is 17.8 Å². The number of carboxylic acids is 1. The Balaban J connectivity index is 2.77. The Morgan fingerprint density at radius 3 is 2.25 bits per heavy atom. The molecule has 0 bridgehead atoms. The molecule has 1 N–H and O–H groups in total. The first-order chi connectivity index (χ1) is 5.54. The van der Waals surface area contributed by atoms with Gasteiger partial charge in [0.05, 0.1) is 5.92 Å². The number of carbonyl (C=O) groups excluding carboxylic acids is 1. The van der Waals surface area contributed by atoms with E-state index >= 15 is 0 Å². The van der Waals surface area contributed by atoms with Crippen molar-refractivity contribution in [3.63, 3.8) is 0 Å². The lowest BCUT2D eigenvalue weighted by molar-refractivity contribution is -0.146. The van der Waals surface area contributed by atoms with Gasteiger partial charge in [0.15, 0.2) is 0 Å². The lowest BCUT2D eigenvalue weighted by Crippen LogP contribution is -2.27. The third kappa shape index (κ3) is 1.49. The lowest BCUT2D eigenvalue weighted by Gasteiger charge is -2.15. The van der Waals surface area contributed by atoms with Gasteiger partial charge in [0.2, 0.25) is 0 Å². The van der Waals surface area contributed by atoms with E-state index < -0.39 is 11.9 Å². The average Bonchev–Trinajstić information content (AvgIpc) is 2.30. The summed E-state index contributed by atoms with van der Waals surface area (Å²) in [7, 11) is 0. The summed E-state index contributed by atoms with van der Waals surface area (Å²) in [6.45, 7) is 3.39. The molecule has 0 amide bonds. The zero-order valence-corrected chi connectivity index (χ0v) is 7.41. The van der Waals surface area contributed by atoms with E-state index in [1.807, 2.05) is 6.92 Å². The summed E-state index contributed by atoms with van der Waals surface area (Å²) in [6.07, 6.45) is 1.61. The molecular formula is C9H14O3. The molecule has 3 nitrogen and oxygen atoms in total. The molecule has 0 aromatic carbocycles. The molecule has 0 aliphatic heterocycles. The Morgan fingerprint density at radius 2 is 1.92 bits per heavy atom. The van der Waals surface area contributed by atoms with Crippen LogP contribution >= 0.6 is 0 Å². The van der Waals surface area contributed by atoms with Gasteiger partial charge in [0.1, 0.15) is 5.78 Å². The van der Waals surface area contributed by atoms with Crippen LogP contribution in [0.25, 0.3) is 0 Å². The second-order valence-corrected chi connectivity index (χ2v) is 3.64. The number of carboxylic acid groups (broad SMARTS) is 1. The number of aliphatic carboxylic acids is 1. The van der Waals surface area contributed by atoms with Gasteiger partial charge in [-0.2, -0.15) is 0 Å². The molecule has 12 heavy (non-hydrogen) atoms. The van der Waals surface area contributed by atoms with Gasteiger partial charge in [0.25, 0.3) is 0 Å². The third-order valence-corrected chi connectivity index (χ3v) is 2.79. The van der Waals surface area contributed by atoms with Gasteiger partial charge >= 0.3 is 5.97 Å². The fourth-order valence-electron chi connectivity index (χ4n) is 2.07. The van der Waals surface area contributed by atoms with E-state index in [0.717, 1.165) is 12.8 Å². The molecule has 1 fully saturated rings. The Morgan fingerprint density at radius 1 is 1.33 bits per heavy atom. The molecular weight excluding hydrogens is 156 g/mol. The standard InChI is InChI=1S/C9H14O3/c1-5-3-4-7(6(2)10)8(5)9(11)12/h5,7-8H,3-4H2,1-2H3,(H,11,12)/t5-,7-,8+/m1/s1. The molecule has 1 aliphatic rings. The zero-order chi connectivity index (χ0) is 9.30. The van der Waals surface area contributed by atoms with E-state index in [4.69, 9.17) is 5.11 Å². The van der Waals surface area contributed by atoms with E-state index in [1.54, 1.807) is 0 Å². The molecule has 0 unspecified atom stereocenters. The molecule has 0 aromatic heterocycles. The quantitative estimate of drug-likeness (QED) is 0.680. The lowest BCUT2D eigenvalue weighted by atomic mass is 9.88. The highest BCUT2D eigenvalue weighted by molar-refractivity contribution is 5.85. The number of carbonyl (C=O) groups is 2. The van der Waals surface area contributed by atoms with Crippen molar-refractivity contribution in [3.8, 4) is 0 Å². The van der Waals surface area contributed by atoms with E-state index in [1.165, 1.54) is 6.92 Å². The number of Topliss-reactive ketones (excluding diaryl/α,β-unsaturated/α-hetero) is 1. The van der Waals surface area contributed by atoms with Crippen molar-refractivity contribution in [2.75, 3.05) is 0 Å². The third-order valence-electron chi connectivity index (χ3n) is 2.79. The summed E-state index contributed by atoms with van der Waals surface area (Å²) in [5.41, 5.74) is 0. The van der Waals surface area contributed by atoms with E-state index in [9.17, 15) is 9.59 Å². The highest BCUT2D eigenvalue weighted by atomic mass is 16.4. The van der Waals surface area contributed by atoms with Gasteiger partial charge in [-0.3, -0.25) is 9.59 Å². The topological polar surface area (TPSA) is 54.4 Å². The predicted molar refractivity (Wildman–Crippen MR) is 43.7 cm³/mol. The predicted octanol–water partition coefficient (Wildman–Crippen LogP) is 1.32. The smallest absolute Gasteiger partial charge is 0.307 e. The van der Waals surface area contributed by atoms with Gasteiger partial charge < -0.3 is 5.11 Å². The summed E-state index contributed by atoms with van der Waals surface area (Å²) >= 11 is 0. The monoisotopic (exact) mass is 170 g/mol. The molecule has 0 aromatic rings. The molecule has 0 radical (unpaired) electrons. The van der Waals surface area contributed by atoms with Crippen LogP contribution in [0.2, 0.25) is 0 Å². The summed E-state index contributed by atoms with van der Waals surface area (Å²) in [5, 5.41) is 8.85. The van der Waals surface area contributed by atoms with Crippen LogP contribution in [0.1, 0.15) is 26.7 Å². The first-order valence-electron chi connectivity index (χ1n) is 4.27. The molecule has 3 atom stereocenters. The van der Waals surface area contributed by atoms with Gasteiger partial charge in [0, 0.05) is 5.92 Å². The van der Waals surface area contributed by atoms with Crippen LogP contribution in [0.15, 0.2) is 0 Å². The van der Waals surface area contributed by atoms with Crippen molar-refractivity contribution in [2.24, 2.45) is 17.8 Å². The first kappa shape index (κ1) is 9.23. The Bertz CT molecular complexity index is 210. The average molecular weight is 170 g/mol. The molecule has 0 saturated heterocycles. The molecule has 0 heterocycles. The number of hydrogen-bond donors (Lipinski definition) is 1.